The molecule has 1 N–H and O–H groups in total. The Bertz CT molecular complexity index is 931. The summed E-state index contributed by atoms with van der Waals surface area (Å²) in [6.45, 7) is 4.21. The smallest absolute Gasteiger partial charge is 0.354 e. The summed E-state index contributed by atoms with van der Waals surface area (Å²) in [7, 11) is 0. The lowest BCUT2D eigenvalue weighted by Gasteiger charge is -2.32. The Morgan fingerprint density at radius 1 is 1.28 bits per heavy atom. The molecule has 1 aliphatic heterocycles. The Balaban J connectivity index is 1.98. The SMILES string of the molecule is CCCC1=NOC(C(=O)O)(C(OCc2ccccc2C)c2ccc(Cl)c(Cl)c2)C1. The molecule has 29 heavy (non-hydrogen) atoms. The molecule has 2 atom stereocenters. The maximum atomic E-state index is 12.4. The van der Waals surface area contributed by atoms with E-state index in [-0.39, 0.29) is 13.0 Å². The number of hydrogen-bond acceptors (Lipinski definition) is 4. The van der Waals surface area contributed by atoms with Gasteiger partial charge in [-0.3, -0.25) is 0 Å². The highest BCUT2D eigenvalue weighted by atomic mass is 35.5. The van der Waals surface area contributed by atoms with Gasteiger partial charge >= 0.3 is 5.97 Å². The van der Waals surface area contributed by atoms with Crippen LogP contribution in [-0.4, -0.2) is 22.4 Å². The molecule has 0 bridgehead atoms. The number of nitrogens with zero attached hydrogens (tertiary/aromatic N) is 1. The number of benzene rings is 2. The van der Waals surface area contributed by atoms with Crippen molar-refractivity contribution in [1.29, 1.82) is 0 Å². The summed E-state index contributed by atoms with van der Waals surface area (Å²) in [6.07, 6.45) is 0.738. The zero-order valence-corrected chi connectivity index (χ0v) is 17.8. The molecule has 0 amide bonds. The second-order valence-electron chi connectivity index (χ2n) is 7.16. The highest BCUT2D eigenvalue weighted by Gasteiger charge is 2.54. The summed E-state index contributed by atoms with van der Waals surface area (Å²) in [6, 6.07) is 12.8. The first-order chi connectivity index (χ1) is 13.9. The van der Waals surface area contributed by atoms with Gasteiger partial charge in [-0.1, -0.05) is 72.0 Å². The van der Waals surface area contributed by atoms with Crippen LogP contribution in [0.1, 0.15) is 49.0 Å². The number of halogens is 2. The van der Waals surface area contributed by atoms with Crippen molar-refractivity contribution in [2.75, 3.05) is 0 Å². The summed E-state index contributed by atoms with van der Waals surface area (Å²) >= 11 is 12.3. The van der Waals surface area contributed by atoms with Crippen LogP contribution in [0.4, 0.5) is 0 Å². The van der Waals surface area contributed by atoms with Gasteiger partial charge in [0.1, 0.15) is 6.10 Å². The summed E-state index contributed by atoms with van der Waals surface area (Å²) < 4.78 is 6.18. The molecule has 0 saturated carbocycles. The van der Waals surface area contributed by atoms with Crippen LogP contribution >= 0.6 is 23.2 Å². The van der Waals surface area contributed by atoms with Crippen LogP contribution in [0, 0.1) is 6.92 Å². The van der Waals surface area contributed by atoms with E-state index in [0.29, 0.717) is 27.7 Å². The Labute approximate surface area is 180 Å². The van der Waals surface area contributed by atoms with E-state index < -0.39 is 17.7 Å². The maximum Gasteiger partial charge on any atom is 0.354 e. The van der Waals surface area contributed by atoms with E-state index in [4.69, 9.17) is 32.8 Å². The second-order valence-corrected chi connectivity index (χ2v) is 7.98. The number of ether oxygens (including phenoxy) is 1. The van der Waals surface area contributed by atoms with Crippen molar-refractivity contribution in [3.63, 3.8) is 0 Å². The van der Waals surface area contributed by atoms with E-state index in [9.17, 15) is 9.90 Å². The molecule has 0 radical (unpaired) electrons. The van der Waals surface area contributed by atoms with Gasteiger partial charge in [0.2, 0.25) is 0 Å². The van der Waals surface area contributed by atoms with E-state index in [2.05, 4.69) is 5.16 Å². The van der Waals surface area contributed by atoms with Crippen molar-refractivity contribution in [3.05, 3.63) is 69.2 Å². The summed E-state index contributed by atoms with van der Waals surface area (Å²) in [5.74, 6) is -1.13. The lowest BCUT2D eigenvalue weighted by Crippen LogP contribution is -2.46. The Morgan fingerprint density at radius 3 is 2.69 bits per heavy atom. The molecule has 1 aliphatic rings. The molecule has 2 aromatic rings. The standard InChI is InChI=1S/C22H23Cl2NO4/c1-3-6-17-12-22(21(26)27,29-25-17)20(15-9-10-18(23)19(24)11-15)28-13-16-8-5-4-7-14(16)2/h4-5,7-11,20H,3,6,12-13H2,1-2H3,(H,26,27). The number of hydrogen-bond donors (Lipinski definition) is 1. The van der Waals surface area contributed by atoms with Gasteiger partial charge in [-0.15, -0.1) is 0 Å². The first-order valence-corrected chi connectivity index (χ1v) is 10.2. The molecular weight excluding hydrogens is 413 g/mol. The molecule has 154 valence electrons. The van der Waals surface area contributed by atoms with Crippen molar-refractivity contribution in [2.24, 2.45) is 5.16 Å². The van der Waals surface area contributed by atoms with E-state index >= 15 is 0 Å². The van der Waals surface area contributed by atoms with Crippen LogP contribution in [0.2, 0.25) is 10.0 Å². The number of carboxylic acids is 1. The van der Waals surface area contributed by atoms with Gasteiger partial charge in [-0.05, 0) is 42.2 Å². The molecule has 3 rings (SSSR count). The van der Waals surface area contributed by atoms with Crippen LogP contribution in [0.3, 0.4) is 0 Å². The van der Waals surface area contributed by atoms with Crippen LogP contribution in [-0.2, 0) is 21.0 Å². The zero-order chi connectivity index (χ0) is 21.0. The predicted octanol–water partition coefficient (Wildman–Crippen LogP) is 5.96. The van der Waals surface area contributed by atoms with Crippen molar-refractivity contribution < 1.29 is 19.5 Å². The molecule has 0 fully saturated rings. The average molecular weight is 436 g/mol. The van der Waals surface area contributed by atoms with Crippen LogP contribution in [0.25, 0.3) is 0 Å². The third-order valence-corrected chi connectivity index (χ3v) is 5.78. The van der Waals surface area contributed by atoms with Crippen LogP contribution in [0.5, 0.6) is 0 Å². The molecule has 5 nitrogen and oxygen atoms in total. The quantitative estimate of drug-likeness (QED) is 0.555. The second kappa shape index (κ2) is 9.16. The third-order valence-electron chi connectivity index (χ3n) is 5.04. The molecule has 0 saturated heterocycles. The first kappa shape index (κ1) is 21.6. The van der Waals surface area contributed by atoms with Crippen molar-refractivity contribution in [2.45, 2.75) is 51.4 Å². The zero-order valence-electron chi connectivity index (χ0n) is 16.3. The number of aliphatic carboxylic acids is 1. The fourth-order valence-corrected chi connectivity index (χ4v) is 3.73. The fourth-order valence-electron chi connectivity index (χ4n) is 3.42. The highest BCUT2D eigenvalue weighted by Crippen LogP contribution is 2.42. The summed E-state index contributed by atoms with van der Waals surface area (Å²) in [5, 5.41) is 14.9. The Morgan fingerprint density at radius 2 is 2.03 bits per heavy atom. The molecule has 1 heterocycles. The molecule has 0 aliphatic carbocycles. The minimum atomic E-state index is -1.66. The molecular formula is C22H23Cl2NO4. The largest absolute Gasteiger partial charge is 0.478 e. The first-order valence-electron chi connectivity index (χ1n) is 9.45. The maximum absolute atomic E-state index is 12.4. The molecule has 0 aromatic heterocycles. The summed E-state index contributed by atoms with van der Waals surface area (Å²) in [5.41, 5.74) is 1.64. The van der Waals surface area contributed by atoms with Gasteiger partial charge in [-0.2, -0.15) is 0 Å². The number of rotatable bonds is 8. The fraction of sp³-hybridized carbons (Fsp3) is 0.364. The van der Waals surface area contributed by atoms with Gasteiger partial charge in [0.15, 0.2) is 0 Å². The van der Waals surface area contributed by atoms with Gasteiger partial charge in [-0.25, -0.2) is 4.79 Å². The topological polar surface area (TPSA) is 68.1 Å². The molecule has 0 spiro atoms. The monoisotopic (exact) mass is 435 g/mol. The number of oxime groups is 1. The van der Waals surface area contributed by atoms with Gasteiger partial charge < -0.3 is 14.7 Å². The molecule has 7 heteroatoms. The predicted molar refractivity (Wildman–Crippen MR) is 114 cm³/mol. The normalized spacial score (nSPS) is 19.5. The van der Waals surface area contributed by atoms with Crippen molar-refractivity contribution >= 4 is 34.9 Å². The van der Waals surface area contributed by atoms with E-state index in [1.54, 1.807) is 18.2 Å². The third kappa shape index (κ3) is 4.58. The lowest BCUT2D eigenvalue weighted by atomic mass is 9.85. The van der Waals surface area contributed by atoms with Crippen molar-refractivity contribution in [3.8, 4) is 0 Å². The highest BCUT2D eigenvalue weighted by molar-refractivity contribution is 6.42. The van der Waals surface area contributed by atoms with Gasteiger partial charge in [0, 0.05) is 6.42 Å². The Hall–Kier alpha value is -2.08. The van der Waals surface area contributed by atoms with Gasteiger partial charge in [0.05, 0.1) is 22.4 Å². The van der Waals surface area contributed by atoms with E-state index in [0.717, 1.165) is 17.5 Å². The average Bonchev–Trinajstić information content (AvgIpc) is 3.11. The van der Waals surface area contributed by atoms with Crippen LogP contribution in [0.15, 0.2) is 47.6 Å². The van der Waals surface area contributed by atoms with Crippen molar-refractivity contribution in [1.82, 2.24) is 0 Å². The van der Waals surface area contributed by atoms with E-state index in [1.807, 2.05) is 38.1 Å². The number of aryl methyl sites for hydroxylation is 1. The minimum Gasteiger partial charge on any atom is -0.478 e. The minimum absolute atomic E-state index is 0.148. The molecule has 2 unspecified atom stereocenters. The Kier molecular flexibility index (Phi) is 6.83. The summed E-state index contributed by atoms with van der Waals surface area (Å²) in [4.78, 5) is 17.9. The van der Waals surface area contributed by atoms with Gasteiger partial charge in [0.25, 0.3) is 5.60 Å². The lowest BCUT2D eigenvalue weighted by molar-refractivity contribution is -0.187. The van der Waals surface area contributed by atoms with Crippen LogP contribution < -0.4 is 0 Å². The van der Waals surface area contributed by atoms with E-state index in [1.165, 1.54) is 0 Å². The number of carbonyl (C=O) groups is 1. The molecule has 2 aromatic carbocycles. The number of carboxylic acid groups (broad SMARTS) is 1.